The molecular weight excluding hydrogens is 413 g/mol. The Morgan fingerprint density at radius 3 is 2.54 bits per heavy atom. The first-order chi connectivity index (χ1) is 12.4. The van der Waals surface area contributed by atoms with Gasteiger partial charge in [-0.2, -0.15) is 0 Å². The highest BCUT2D eigenvalue weighted by Gasteiger charge is 2.42. The number of alkyl halides is 2. The molecule has 0 aliphatic carbocycles. The van der Waals surface area contributed by atoms with E-state index in [0.717, 1.165) is 0 Å². The number of aromatic nitrogens is 1. The fraction of sp³-hybridized carbons (Fsp3) is 0.278. The predicted molar refractivity (Wildman–Crippen MR) is 106 cm³/mol. The molecule has 1 aromatic heterocycles. The summed E-state index contributed by atoms with van der Waals surface area (Å²) in [6.07, 6.45) is 2.64. The van der Waals surface area contributed by atoms with Crippen LogP contribution in [0.15, 0.2) is 48.8 Å². The van der Waals surface area contributed by atoms with Gasteiger partial charge in [0.05, 0.1) is 12.6 Å². The Balaban J connectivity index is 0.00000196. The van der Waals surface area contributed by atoms with Crippen LogP contribution in [0.2, 0.25) is 0 Å². The van der Waals surface area contributed by atoms with Crippen LogP contribution in [0.4, 0.5) is 14.5 Å². The normalized spacial score (nSPS) is 17.0. The molecular formula is C18H20Cl2F2N4O2. The number of anilines is 1. The molecule has 1 aromatic carbocycles. The summed E-state index contributed by atoms with van der Waals surface area (Å²) in [6.45, 7) is -0.339. The van der Waals surface area contributed by atoms with Crippen molar-refractivity contribution >= 4 is 42.3 Å². The number of hydrogen-bond acceptors (Lipinski definition) is 4. The Hall–Kier alpha value is -2.29. The van der Waals surface area contributed by atoms with Gasteiger partial charge in [-0.25, -0.2) is 8.78 Å². The van der Waals surface area contributed by atoms with Crippen molar-refractivity contribution in [1.82, 2.24) is 15.6 Å². The zero-order valence-corrected chi connectivity index (χ0v) is 16.3. The molecule has 2 heterocycles. The molecule has 2 amide bonds. The van der Waals surface area contributed by atoms with Crippen molar-refractivity contribution in [3.63, 3.8) is 0 Å². The van der Waals surface area contributed by atoms with E-state index < -0.39 is 30.8 Å². The summed E-state index contributed by atoms with van der Waals surface area (Å²) < 4.78 is 26.3. The van der Waals surface area contributed by atoms with Crippen molar-refractivity contribution < 1.29 is 18.4 Å². The number of nitrogens with one attached hydrogen (secondary N) is 3. The van der Waals surface area contributed by atoms with Crippen LogP contribution >= 0.6 is 24.8 Å². The first-order valence-electron chi connectivity index (χ1n) is 8.12. The molecule has 0 saturated carbocycles. The highest BCUT2D eigenvalue weighted by atomic mass is 35.5. The fourth-order valence-corrected chi connectivity index (χ4v) is 2.67. The maximum absolute atomic E-state index is 13.1. The largest absolute Gasteiger partial charge is 0.351 e. The van der Waals surface area contributed by atoms with Crippen molar-refractivity contribution in [3.8, 4) is 0 Å². The molecule has 1 saturated heterocycles. The molecule has 28 heavy (non-hydrogen) atoms. The van der Waals surface area contributed by atoms with Crippen LogP contribution in [-0.2, 0) is 11.3 Å². The van der Waals surface area contributed by atoms with Crippen LogP contribution in [-0.4, -0.2) is 35.3 Å². The molecule has 1 aliphatic heterocycles. The Morgan fingerprint density at radius 1 is 1.18 bits per heavy atom. The standard InChI is InChI=1S/C18H18F2N4O2.2ClH/c19-18(20)9-15(23-11-18)17(26)22-10-12-2-1-3-13(8-12)16(25)24-14-4-6-21-7-5-14;;/h1-8,15,23H,9-11H2,(H,22,26)(H,21,24,25);2*1H. The van der Waals surface area contributed by atoms with Gasteiger partial charge in [0.1, 0.15) is 0 Å². The van der Waals surface area contributed by atoms with Gasteiger partial charge in [-0.3, -0.25) is 19.9 Å². The Labute approximate surface area is 173 Å². The molecule has 2 aromatic rings. The Morgan fingerprint density at radius 2 is 1.89 bits per heavy atom. The monoisotopic (exact) mass is 432 g/mol. The molecule has 6 nitrogen and oxygen atoms in total. The first-order valence-corrected chi connectivity index (χ1v) is 8.12. The lowest BCUT2D eigenvalue weighted by atomic mass is 10.1. The van der Waals surface area contributed by atoms with Crippen LogP contribution in [0.1, 0.15) is 22.3 Å². The third-order valence-corrected chi connectivity index (χ3v) is 4.02. The second kappa shape index (κ2) is 10.3. The van der Waals surface area contributed by atoms with Gasteiger partial charge in [0.15, 0.2) is 0 Å². The molecule has 1 fully saturated rings. The summed E-state index contributed by atoms with van der Waals surface area (Å²) in [6, 6.07) is 9.20. The number of carbonyl (C=O) groups is 2. The quantitative estimate of drug-likeness (QED) is 0.678. The van der Waals surface area contributed by atoms with Gasteiger partial charge in [-0.1, -0.05) is 12.1 Å². The minimum absolute atomic E-state index is 0. The van der Waals surface area contributed by atoms with E-state index in [2.05, 4.69) is 20.9 Å². The molecule has 1 aliphatic rings. The average molecular weight is 433 g/mol. The molecule has 1 atom stereocenters. The van der Waals surface area contributed by atoms with Crippen LogP contribution in [0.25, 0.3) is 0 Å². The number of nitrogens with zero attached hydrogens (tertiary/aromatic N) is 1. The van der Waals surface area contributed by atoms with Gasteiger partial charge < -0.3 is 10.6 Å². The van der Waals surface area contributed by atoms with E-state index in [1.54, 1.807) is 48.8 Å². The van der Waals surface area contributed by atoms with Crippen molar-refractivity contribution in [3.05, 3.63) is 59.9 Å². The Bertz CT molecular complexity index is 809. The third kappa shape index (κ3) is 6.40. The molecule has 10 heteroatoms. The van der Waals surface area contributed by atoms with E-state index in [1.165, 1.54) is 0 Å². The highest BCUT2D eigenvalue weighted by Crippen LogP contribution is 2.25. The fourth-order valence-electron chi connectivity index (χ4n) is 2.67. The Kier molecular flexibility index (Phi) is 8.74. The molecule has 0 bridgehead atoms. The number of benzene rings is 1. The lowest BCUT2D eigenvalue weighted by Gasteiger charge is -2.12. The molecule has 0 spiro atoms. The van der Waals surface area contributed by atoms with Gasteiger partial charge in [0.25, 0.3) is 11.8 Å². The molecule has 3 N–H and O–H groups in total. The van der Waals surface area contributed by atoms with Gasteiger partial charge in [-0.15, -0.1) is 24.8 Å². The van der Waals surface area contributed by atoms with Crippen LogP contribution in [0.5, 0.6) is 0 Å². The van der Waals surface area contributed by atoms with Crippen molar-refractivity contribution in [2.75, 3.05) is 11.9 Å². The summed E-state index contributed by atoms with van der Waals surface area (Å²) in [5.74, 6) is -3.62. The number of amides is 2. The van der Waals surface area contributed by atoms with Crippen LogP contribution in [0, 0.1) is 0 Å². The predicted octanol–water partition coefficient (Wildman–Crippen LogP) is 2.79. The number of halogens is 4. The van der Waals surface area contributed by atoms with Crippen LogP contribution in [0.3, 0.4) is 0 Å². The van der Waals surface area contributed by atoms with Gasteiger partial charge >= 0.3 is 0 Å². The number of carbonyl (C=O) groups excluding carboxylic acids is 2. The molecule has 152 valence electrons. The third-order valence-electron chi connectivity index (χ3n) is 4.02. The summed E-state index contributed by atoms with van der Waals surface area (Å²) in [5, 5.41) is 7.87. The van der Waals surface area contributed by atoms with E-state index in [1.807, 2.05) is 0 Å². The minimum atomic E-state index is -2.85. The summed E-state index contributed by atoms with van der Waals surface area (Å²) in [4.78, 5) is 28.1. The SMILES string of the molecule is Cl.Cl.O=C(Nc1ccncc1)c1cccc(CNC(=O)C2CC(F)(F)CN2)c1. The maximum atomic E-state index is 13.1. The van der Waals surface area contributed by atoms with Crippen molar-refractivity contribution in [2.45, 2.75) is 24.9 Å². The summed E-state index contributed by atoms with van der Waals surface area (Å²) in [7, 11) is 0. The zero-order chi connectivity index (χ0) is 18.6. The van der Waals surface area contributed by atoms with Crippen molar-refractivity contribution in [1.29, 1.82) is 0 Å². The maximum Gasteiger partial charge on any atom is 0.262 e. The number of pyridine rings is 1. The van der Waals surface area contributed by atoms with Gasteiger partial charge in [0, 0.05) is 36.6 Å². The topological polar surface area (TPSA) is 83.1 Å². The minimum Gasteiger partial charge on any atom is -0.351 e. The van der Waals surface area contributed by atoms with E-state index in [9.17, 15) is 18.4 Å². The summed E-state index contributed by atoms with van der Waals surface area (Å²) in [5.41, 5.74) is 1.75. The second-order valence-corrected chi connectivity index (χ2v) is 6.10. The molecule has 0 radical (unpaired) electrons. The highest BCUT2D eigenvalue weighted by molar-refractivity contribution is 6.04. The molecule has 3 rings (SSSR count). The van der Waals surface area contributed by atoms with Gasteiger partial charge in [-0.05, 0) is 29.8 Å². The lowest BCUT2D eigenvalue weighted by Crippen LogP contribution is -2.40. The first kappa shape index (κ1) is 23.7. The number of rotatable bonds is 5. The van der Waals surface area contributed by atoms with E-state index >= 15 is 0 Å². The van der Waals surface area contributed by atoms with Crippen LogP contribution < -0.4 is 16.0 Å². The van der Waals surface area contributed by atoms with E-state index in [-0.39, 0.29) is 37.3 Å². The smallest absolute Gasteiger partial charge is 0.262 e. The van der Waals surface area contributed by atoms with E-state index in [4.69, 9.17) is 0 Å². The van der Waals surface area contributed by atoms with Crippen molar-refractivity contribution in [2.24, 2.45) is 0 Å². The number of hydrogen-bond donors (Lipinski definition) is 3. The zero-order valence-electron chi connectivity index (χ0n) is 14.7. The van der Waals surface area contributed by atoms with E-state index in [0.29, 0.717) is 16.8 Å². The molecule has 1 unspecified atom stereocenters. The average Bonchev–Trinajstić information content (AvgIpc) is 3.01. The lowest BCUT2D eigenvalue weighted by molar-refractivity contribution is -0.123. The summed E-state index contributed by atoms with van der Waals surface area (Å²) >= 11 is 0. The van der Waals surface area contributed by atoms with Gasteiger partial charge in [0.2, 0.25) is 5.91 Å². The second-order valence-electron chi connectivity index (χ2n) is 6.10.